The second kappa shape index (κ2) is 8.54. The molecule has 3 aromatic rings. The highest BCUT2D eigenvalue weighted by Gasteiger charge is 2.11. The maximum absolute atomic E-state index is 12.5. The molecule has 0 radical (unpaired) electrons. The molecule has 0 fully saturated rings. The van der Waals surface area contributed by atoms with Crippen molar-refractivity contribution in [1.82, 2.24) is 14.5 Å². The van der Waals surface area contributed by atoms with Crippen LogP contribution in [0.15, 0.2) is 59.7 Å². The average Bonchev–Trinajstić information content (AvgIpc) is 2.67. The minimum absolute atomic E-state index is 0.0950. The van der Waals surface area contributed by atoms with E-state index in [2.05, 4.69) is 9.71 Å². The Morgan fingerprint density at radius 3 is 2.52 bits per heavy atom. The van der Waals surface area contributed by atoms with Crippen molar-refractivity contribution in [2.75, 3.05) is 31.1 Å². The topological polar surface area (TPSA) is 101 Å². The van der Waals surface area contributed by atoms with Crippen LogP contribution in [0.3, 0.4) is 0 Å². The number of fused-ring (bicyclic) bond motifs is 1. The molecule has 0 bridgehead atoms. The number of ketones is 1. The highest BCUT2D eigenvalue weighted by atomic mass is 32.2. The fourth-order valence-electron chi connectivity index (χ4n) is 2.90. The molecule has 3 rings (SSSR count). The SMILES string of the molecule is CN(CCn1cnc2ccccc2c1=O)CC(=O)c1ccc(NS(C)(=O)=O)cc1. The van der Waals surface area contributed by atoms with Crippen molar-refractivity contribution in [3.05, 3.63) is 70.8 Å². The molecule has 1 aromatic heterocycles. The fraction of sp³-hybridized carbons (Fsp3) is 0.250. The summed E-state index contributed by atoms with van der Waals surface area (Å²) in [5.41, 5.74) is 1.44. The number of carbonyl (C=O) groups is 1. The maximum Gasteiger partial charge on any atom is 0.261 e. The van der Waals surface area contributed by atoms with Gasteiger partial charge in [0.15, 0.2) is 5.78 Å². The number of anilines is 1. The number of nitrogens with one attached hydrogen (secondary N) is 1. The van der Waals surface area contributed by atoms with Crippen molar-refractivity contribution in [2.24, 2.45) is 0 Å². The summed E-state index contributed by atoms with van der Waals surface area (Å²) in [6, 6.07) is 13.4. The van der Waals surface area contributed by atoms with E-state index in [0.717, 1.165) is 6.26 Å². The van der Waals surface area contributed by atoms with Crippen LogP contribution in [0.4, 0.5) is 5.69 Å². The van der Waals surface area contributed by atoms with Crippen LogP contribution in [-0.4, -0.2) is 55.0 Å². The van der Waals surface area contributed by atoms with Crippen molar-refractivity contribution >= 4 is 32.4 Å². The number of hydrogen-bond donors (Lipinski definition) is 1. The summed E-state index contributed by atoms with van der Waals surface area (Å²) in [7, 11) is -1.55. The second-order valence-electron chi connectivity index (χ2n) is 6.87. The Balaban J connectivity index is 1.59. The standard InChI is InChI=1S/C20H22N4O4S/c1-23(11-12-24-14-21-18-6-4-3-5-17(18)20(24)26)13-19(25)15-7-9-16(10-8-15)22-29(2,27)28/h3-10,14,22H,11-13H2,1-2H3. The third kappa shape index (κ3) is 5.49. The van der Waals surface area contributed by atoms with Crippen molar-refractivity contribution < 1.29 is 13.2 Å². The molecule has 1 heterocycles. The van der Waals surface area contributed by atoms with Gasteiger partial charge in [0.05, 0.1) is 30.0 Å². The average molecular weight is 414 g/mol. The van der Waals surface area contributed by atoms with Crippen LogP contribution in [0.1, 0.15) is 10.4 Å². The molecule has 0 amide bonds. The Morgan fingerprint density at radius 2 is 1.83 bits per heavy atom. The van der Waals surface area contributed by atoms with Crippen molar-refractivity contribution in [3.8, 4) is 0 Å². The van der Waals surface area contributed by atoms with Crippen molar-refractivity contribution in [2.45, 2.75) is 6.54 Å². The molecule has 2 aromatic carbocycles. The zero-order chi connectivity index (χ0) is 21.0. The number of Topliss-reactive ketones (excluding diaryl/α,β-unsaturated/α-hetero) is 1. The van der Waals surface area contributed by atoms with E-state index in [1.165, 1.54) is 10.9 Å². The molecule has 0 aliphatic rings. The van der Waals surface area contributed by atoms with Crippen LogP contribution in [0.5, 0.6) is 0 Å². The van der Waals surface area contributed by atoms with Crippen LogP contribution in [-0.2, 0) is 16.6 Å². The smallest absolute Gasteiger partial charge is 0.261 e. The lowest BCUT2D eigenvalue weighted by Crippen LogP contribution is -2.32. The Bertz CT molecular complexity index is 1190. The van der Waals surface area contributed by atoms with Crippen LogP contribution in [0.2, 0.25) is 0 Å². The summed E-state index contributed by atoms with van der Waals surface area (Å²) in [4.78, 5) is 31.1. The number of sulfonamides is 1. The van der Waals surface area contributed by atoms with Gasteiger partial charge in [-0.15, -0.1) is 0 Å². The van der Waals surface area contributed by atoms with Crippen molar-refractivity contribution in [1.29, 1.82) is 0 Å². The number of para-hydroxylation sites is 1. The summed E-state index contributed by atoms with van der Waals surface area (Å²) < 4.78 is 26.4. The number of hydrogen-bond acceptors (Lipinski definition) is 6. The van der Waals surface area contributed by atoms with Gasteiger partial charge in [0.1, 0.15) is 0 Å². The number of likely N-dealkylation sites (N-methyl/N-ethyl adjacent to an activating group) is 1. The molecule has 0 atom stereocenters. The first-order valence-corrected chi connectivity index (χ1v) is 10.9. The van der Waals surface area contributed by atoms with Gasteiger partial charge in [-0.05, 0) is 43.4 Å². The van der Waals surface area contributed by atoms with E-state index in [1.54, 1.807) is 49.5 Å². The molecule has 0 saturated carbocycles. The van der Waals surface area contributed by atoms with Gasteiger partial charge in [-0.3, -0.25) is 23.8 Å². The summed E-state index contributed by atoms with van der Waals surface area (Å²) >= 11 is 0. The van der Waals surface area contributed by atoms with Gasteiger partial charge in [0, 0.05) is 24.3 Å². The Hall–Kier alpha value is -3.04. The quantitative estimate of drug-likeness (QED) is 0.562. The monoisotopic (exact) mass is 414 g/mol. The molecule has 152 valence electrons. The highest BCUT2D eigenvalue weighted by Crippen LogP contribution is 2.12. The molecule has 0 saturated heterocycles. The molecular weight excluding hydrogens is 392 g/mol. The predicted molar refractivity (Wildman–Crippen MR) is 113 cm³/mol. The highest BCUT2D eigenvalue weighted by molar-refractivity contribution is 7.92. The molecule has 1 N–H and O–H groups in total. The van der Waals surface area contributed by atoms with Gasteiger partial charge in [-0.1, -0.05) is 12.1 Å². The number of aromatic nitrogens is 2. The summed E-state index contributed by atoms with van der Waals surface area (Å²) in [6.45, 7) is 1.09. The first kappa shape index (κ1) is 20.7. The van der Waals surface area contributed by atoms with Gasteiger partial charge in [0.2, 0.25) is 10.0 Å². The number of nitrogens with zero attached hydrogens (tertiary/aromatic N) is 3. The minimum Gasteiger partial charge on any atom is -0.297 e. The zero-order valence-corrected chi connectivity index (χ0v) is 17.0. The minimum atomic E-state index is -3.36. The number of benzene rings is 2. The lowest BCUT2D eigenvalue weighted by Gasteiger charge is -2.16. The fourth-order valence-corrected chi connectivity index (χ4v) is 3.46. The largest absolute Gasteiger partial charge is 0.297 e. The van der Waals surface area contributed by atoms with E-state index in [0.29, 0.717) is 35.2 Å². The van der Waals surface area contributed by atoms with E-state index >= 15 is 0 Å². The Labute approximate surface area is 168 Å². The third-order valence-electron chi connectivity index (χ3n) is 4.38. The van der Waals surface area contributed by atoms with Gasteiger partial charge in [-0.25, -0.2) is 13.4 Å². The molecule has 29 heavy (non-hydrogen) atoms. The third-order valence-corrected chi connectivity index (χ3v) is 4.98. The van der Waals surface area contributed by atoms with Crippen LogP contribution < -0.4 is 10.3 Å². The van der Waals surface area contributed by atoms with Crippen LogP contribution in [0.25, 0.3) is 10.9 Å². The number of carbonyl (C=O) groups excluding carboxylic acids is 1. The summed E-state index contributed by atoms with van der Waals surface area (Å²) in [5, 5.41) is 0.566. The summed E-state index contributed by atoms with van der Waals surface area (Å²) in [5.74, 6) is -0.0950. The van der Waals surface area contributed by atoms with Gasteiger partial charge in [-0.2, -0.15) is 0 Å². The molecule has 9 heteroatoms. The first-order chi connectivity index (χ1) is 13.7. The van der Waals surface area contributed by atoms with Gasteiger partial charge >= 0.3 is 0 Å². The second-order valence-corrected chi connectivity index (χ2v) is 8.62. The molecule has 8 nitrogen and oxygen atoms in total. The lowest BCUT2D eigenvalue weighted by molar-refractivity contribution is 0.0944. The van der Waals surface area contributed by atoms with E-state index in [4.69, 9.17) is 0 Å². The predicted octanol–water partition coefficient (Wildman–Crippen LogP) is 1.58. The maximum atomic E-state index is 12.5. The van der Waals surface area contributed by atoms with Gasteiger partial charge in [0.25, 0.3) is 5.56 Å². The van der Waals surface area contributed by atoms with E-state index in [1.807, 2.05) is 11.0 Å². The van der Waals surface area contributed by atoms with Crippen LogP contribution >= 0.6 is 0 Å². The number of rotatable bonds is 8. The molecule has 0 aliphatic heterocycles. The molecule has 0 unspecified atom stereocenters. The Kier molecular flexibility index (Phi) is 6.09. The molecule has 0 spiro atoms. The summed E-state index contributed by atoms with van der Waals surface area (Å²) in [6.07, 6.45) is 2.59. The van der Waals surface area contributed by atoms with E-state index < -0.39 is 10.0 Å². The normalized spacial score (nSPS) is 11.7. The first-order valence-electron chi connectivity index (χ1n) is 8.97. The van der Waals surface area contributed by atoms with Crippen molar-refractivity contribution in [3.63, 3.8) is 0 Å². The Morgan fingerprint density at radius 1 is 1.14 bits per heavy atom. The lowest BCUT2D eigenvalue weighted by atomic mass is 10.1. The van der Waals surface area contributed by atoms with E-state index in [9.17, 15) is 18.0 Å². The molecule has 0 aliphatic carbocycles. The van der Waals surface area contributed by atoms with Gasteiger partial charge < -0.3 is 0 Å². The van der Waals surface area contributed by atoms with Crippen LogP contribution in [0, 0.1) is 0 Å². The van der Waals surface area contributed by atoms with E-state index in [-0.39, 0.29) is 17.9 Å². The zero-order valence-electron chi connectivity index (χ0n) is 16.2. The molecular formula is C20H22N4O4S.